The summed E-state index contributed by atoms with van der Waals surface area (Å²) in [6.07, 6.45) is 2.07. The van der Waals surface area contributed by atoms with Crippen molar-refractivity contribution in [2.75, 3.05) is 5.73 Å². The van der Waals surface area contributed by atoms with Crippen molar-refractivity contribution in [2.24, 2.45) is 0 Å². The van der Waals surface area contributed by atoms with Gasteiger partial charge in [-0.15, -0.1) is 0 Å². The number of anilines is 1. The summed E-state index contributed by atoms with van der Waals surface area (Å²) in [5.41, 5.74) is 11.2. The molecule has 0 spiro atoms. The standard InChI is InChI=1S/C13H17N3/c1-4-16-8-13(10(3)15-16)11-5-9(2)6-12(14)7-11/h5-8H,4,14H2,1-3H3. The molecular weight excluding hydrogens is 198 g/mol. The average molecular weight is 215 g/mol. The van der Waals surface area contributed by atoms with Gasteiger partial charge in [-0.3, -0.25) is 4.68 Å². The number of hydrogen-bond acceptors (Lipinski definition) is 2. The van der Waals surface area contributed by atoms with Crippen LogP contribution < -0.4 is 5.73 Å². The number of nitrogen functional groups attached to an aromatic ring is 1. The van der Waals surface area contributed by atoms with Crippen LogP contribution in [-0.2, 0) is 6.54 Å². The fourth-order valence-electron chi connectivity index (χ4n) is 1.93. The minimum absolute atomic E-state index is 0.804. The van der Waals surface area contributed by atoms with Gasteiger partial charge in [-0.25, -0.2) is 0 Å². The van der Waals surface area contributed by atoms with Crippen molar-refractivity contribution < 1.29 is 0 Å². The first-order valence-electron chi connectivity index (χ1n) is 5.51. The first kappa shape index (κ1) is 10.7. The second-order valence-corrected chi connectivity index (χ2v) is 4.12. The first-order chi connectivity index (χ1) is 7.60. The van der Waals surface area contributed by atoms with Gasteiger partial charge in [0.05, 0.1) is 5.69 Å². The molecule has 2 rings (SSSR count). The number of nitrogens with zero attached hydrogens (tertiary/aromatic N) is 2. The second kappa shape index (κ2) is 4.00. The van der Waals surface area contributed by atoms with Crippen LogP contribution in [0, 0.1) is 13.8 Å². The van der Waals surface area contributed by atoms with E-state index in [0.29, 0.717) is 0 Å². The SMILES string of the molecule is CCn1cc(-c2cc(C)cc(N)c2)c(C)n1. The summed E-state index contributed by atoms with van der Waals surface area (Å²) in [4.78, 5) is 0. The largest absolute Gasteiger partial charge is 0.399 e. The fraction of sp³-hybridized carbons (Fsp3) is 0.308. The van der Waals surface area contributed by atoms with Gasteiger partial charge in [-0.1, -0.05) is 6.07 Å². The predicted molar refractivity (Wildman–Crippen MR) is 67.2 cm³/mol. The molecule has 0 fully saturated rings. The minimum Gasteiger partial charge on any atom is -0.399 e. The van der Waals surface area contributed by atoms with Gasteiger partial charge < -0.3 is 5.73 Å². The molecule has 16 heavy (non-hydrogen) atoms. The van der Waals surface area contributed by atoms with E-state index in [1.165, 1.54) is 5.56 Å². The van der Waals surface area contributed by atoms with Crippen molar-refractivity contribution in [2.45, 2.75) is 27.3 Å². The van der Waals surface area contributed by atoms with E-state index in [2.05, 4.69) is 31.2 Å². The molecule has 1 aromatic carbocycles. The molecule has 0 radical (unpaired) electrons. The molecule has 0 aliphatic heterocycles. The van der Waals surface area contributed by atoms with Gasteiger partial charge in [0.25, 0.3) is 0 Å². The van der Waals surface area contributed by atoms with Crippen LogP contribution in [0.2, 0.25) is 0 Å². The highest BCUT2D eigenvalue weighted by Crippen LogP contribution is 2.25. The lowest BCUT2D eigenvalue weighted by Gasteiger charge is -2.03. The summed E-state index contributed by atoms with van der Waals surface area (Å²) in [6.45, 7) is 7.06. The zero-order valence-corrected chi connectivity index (χ0v) is 9.99. The topological polar surface area (TPSA) is 43.8 Å². The quantitative estimate of drug-likeness (QED) is 0.783. The van der Waals surface area contributed by atoms with E-state index in [0.717, 1.165) is 29.1 Å². The molecule has 0 atom stereocenters. The third-order valence-corrected chi connectivity index (χ3v) is 2.68. The lowest BCUT2D eigenvalue weighted by molar-refractivity contribution is 0.653. The van der Waals surface area contributed by atoms with Crippen LogP contribution in [0.15, 0.2) is 24.4 Å². The molecule has 3 heteroatoms. The van der Waals surface area contributed by atoms with Crippen LogP contribution in [0.25, 0.3) is 11.1 Å². The van der Waals surface area contributed by atoms with Crippen molar-refractivity contribution >= 4 is 5.69 Å². The molecule has 0 unspecified atom stereocenters. The highest BCUT2D eigenvalue weighted by atomic mass is 15.3. The third kappa shape index (κ3) is 1.94. The predicted octanol–water partition coefficient (Wildman–Crippen LogP) is 2.77. The number of benzene rings is 1. The summed E-state index contributed by atoms with van der Waals surface area (Å²) in [5.74, 6) is 0. The van der Waals surface area contributed by atoms with Crippen molar-refractivity contribution in [1.29, 1.82) is 0 Å². The van der Waals surface area contributed by atoms with Crippen molar-refractivity contribution in [3.63, 3.8) is 0 Å². The van der Waals surface area contributed by atoms with E-state index < -0.39 is 0 Å². The molecule has 0 aliphatic carbocycles. The van der Waals surface area contributed by atoms with Gasteiger partial charge >= 0.3 is 0 Å². The zero-order chi connectivity index (χ0) is 11.7. The summed E-state index contributed by atoms with van der Waals surface area (Å²) in [6, 6.07) is 6.11. The van der Waals surface area contributed by atoms with E-state index in [1.807, 2.05) is 23.7 Å². The number of hydrogen-bond donors (Lipinski definition) is 1. The summed E-state index contributed by atoms with van der Waals surface area (Å²) in [5, 5.41) is 4.44. The molecule has 0 aliphatic rings. The summed E-state index contributed by atoms with van der Waals surface area (Å²) >= 11 is 0. The van der Waals surface area contributed by atoms with E-state index >= 15 is 0 Å². The maximum atomic E-state index is 5.86. The molecule has 84 valence electrons. The number of aryl methyl sites for hydroxylation is 3. The summed E-state index contributed by atoms with van der Waals surface area (Å²) < 4.78 is 1.95. The second-order valence-electron chi connectivity index (χ2n) is 4.12. The molecule has 0 amide bonds. The Hall–Kier alpha value is -1.77. The minimum atomic E-state index is 0.804. The Morgan fingerprint density at radius 1 is 1.25 bits per heavy atom. The molecule has 1 aromatic heterocycles. The van der Waals surface area contributed by atoms with Crippen LogP contribution in [0.4, 0.5) is 5.69 Å². The Balaban J connectivity index is 2.53. The van der Waals surface area contributed by atoms with E-state index in [9.17, 15) is 0 Å². The van der Waals surface area contributed by atoms with Gasteiger partial charge in [-0.05, 0) is 44.0 Å². The monoisotopic (exact) mass is 215 g/mol. The summed E-state index contributed by atoms with van der Waals surface area (Å²) in [7, 11) is 0. The molecule has 3 nitrogen and oxygen atoms in total. The van der Waals surface area contributed by atoms with Crippen LogP contribution in [0.1, 0.15) is 18.2 Å². The Morgan fingerprint density at radius 3 is 2.56 bits per heavy atom. The van der Waals surface area contributed by atoms with E-state index in [1.54, 1.807) is 0 Å². The smallest absolute Gasteiger partial charge is 0.0672 e. The Morgan fingerprint density at radius 2 is 2.00 bits per heavy atom. The van der Waals surface area contributed by atoms with Crippen LogP contribution >= 0.6 is 0 Å². The number of nitrogens with two attached hydrogens (primary N) is 1. The first-order valence-corrected chi connectivity index (χ1v) is 5.51. The molecule has 2 N–H and O–H groups in total. The lowest BCUT2D eigenvalue weighted by atomic mass is 10.0. The average Bonchev–Trinajstić information content (AvgIpc) is 2.58. The zero-order valence-electron chi connectivity index (χ0n) is 9.99. The molecule has 2 aromatic rings. The van der Waals surface area contributed by atoms with Crippen molar-refractivity contribution in [3.8, 4) is 11.1 Å². The van der Waals surface area contributed by atoms with Gasteiger partial charge in [-0.2, -0.15) is 5.10 Å². The van der Waals surface area contributed by atoms with Gasteiger partial charge in [0.2, 0.25) is 0 Å². The van der Waals surface area contributed by atoms with Crippen LogP contribution in [0.3, 0.4) is 0 Å². The maximum Gasteiger partial charge on any atom is 0.0672 e. The highest BCUT2D eigenvalue weighted by molar-refractivity contribution is 5.69. The van der Waals surface area contributed by atoms with E-state index in [4.69, 9.17) is 5.73 Å². The van der Waals surface area contributed by atoms with Crippen LogP contribution in [-0.4, -0.2) is 9.78 Å². The van der Waals surface area contributed by atoms with Crippen molar-refractivity contribution in [3.05, 3.63) is 35.7 Å². The Labute approximate surface area is 95.9 Å². The number of rotatable bonds is 2. The third-order valence-electron chi connectivity index (χ3n) is 2.68. The molecular formula is C13H17N3. The Bertz CT molecular complexity index is 492. The molecule has 0 saturated carbocycles. The molecule has 0 bridgehead atoms. The lowest BCUT2D eigenvalue weighted by Crippen LogP contribution is -1.93. The molecule has 0 saturated heterocycles. The molecule has 1 heterocycles. The fourth-order valence-corrected chi connectivity index (χ4v) is 1.93. The van der Waals surface area contributed by atoms with Crippen molar-refractivity contribution in [1.82, 2.24) is 9.78 Å². The van der Waals surface area contributed by atoms with Gasteiger partial charge in [0, 0.05) is 24.0 Å². The van der Waals surface area contributed by atoms with Crippen LogP contribution in [0.5, 0.6) is 0 Å². The highest BCUT2D eigenvalue weighted by Gasteiger charge is 2.07. The maximum absolute atomic E-state index is 5.86. The van der Waals surface area contributed by atoms with Gasteiger partial charge in [0.15, 0.2) is 0 Å². The number of aromatic nitrogens is 2. The van der Waals surface area contributed by atoms with E-state index in [-0.39, 0.29) is 0 Å². The Kier molecular flexibility index (Phi) is 2.69. The van der Waals surface area contributed by atoms with Gasteiger partial charge in [0.1, 0.15) is 0 Å². The normalized spacial score (nSPS) is 10.7.